The molecule has 3 aliphatic rings. The fourth-order valence-corrected chi connectivity index (χ4v) is 7.23. The van der Waals surface area contributed by atoms with E-state index in [0.717, 1.165) is 30.8 Å². The van der Waals surface area contributed by atoms with Crippen molar-refractivity contribution in [1.29, 1.82) is 0 Å². The molecule has 3 N–H and O–H groups in total. The van der Waals surface area contributed by atoms with Crippen molar-refractivity contribution in [3.63, 3.8) is 0 Å². The molecule has 0 aromatic carbocycles. The number of fused-ring (bicyclic) bond motifs is 1. The van der Waals surface area contributed by atoms with E-state index in [2.05, 4.69) is 19.9 Å². The van der Waals surface area contributed by atoms with Crippen molar-refractivity contribution in [2.24, 2.45) is 29.1 Å². The molecule has 0 bridgehead atoms. The predicted octanol–water partition coefficient (Wildman–Crippen LogP) is 6.17. The number of hydrogen-bond acceptors (Lipinski definition) is 3. The zero-order valence-electron chi connectivity index (χ0n) is 21.0. The fraction of sp³-hybridized carbons (Fsp3) is 0.857. The standard InChI is InChI=1S/C28H48O3/c1-18(9-7-15-27(4,5)31)23-13-14-24-21(10-8-16-28(23,24)6)11-12-22-17-25(29)20(3)26(30)19(22)2/h11,18,20,23-26,29-31H,7-10,12-17H2,1-6H3/b21-11+/t18-,20+,23-,24+,25-,26-,28-/m1/s1. The normalized spacial score (nSPS) is 39.1. The summed E-state index contributed by atoms with van der Waals surface area (Å²) in [6, 6.07) is 0. The minimum atomic E-state index is -0.548. The van der Waals surface area contributed by atoms with Crippen LogP contribution in [0.15, 0.2) is 22.8 Å². The molecule has 0 heterocycles. The molecule has 178 valence electrons. The Kier molecular flexibility index (Phi) is 7.81. The largest absolute Gasteiger partial charge is 0.392 e. The summed E-state index contributed by atoms with van der Waals surface area (Å²) < 4.78 is 0. The van der Waals surface area contributed by atoms with Crippen LogP contribution in [-0.2, 0) is 0 Å². The van der Waals surface area contributed by atoms with E-state index < -0.39 is 17.8 Å². The molecule has 0 saturated heterocycles. The monoisotopic (exact) mass is 432 g/mol. The van der Waals surface area contributed by atoms with Gasteiger partial charge in [-0.25, -0.2) is 0 Å². The maximum Gasteiger partial charge on any atom is 0.0800 e. The highest BCUT2D eigenvalue weighted by Gasteiger charge is 2.50. The summed E-state index contributed by atoms with van der Waals surface area (Å²) in [6.07, 6.45) is 12.8. The third-order valence-electron chi connectivity index (χ3n) is 9.35. The average Bonchev–Trinajstić information content (AvgIpc) is 3.04. The maximum absolute atomic E-state index is 10.5. The van der Waals surface area contributed by atoms with Gasteiger partial charge < -0.3 is 15.3 Å². The highest BCUT2D eigenvalue weighted by atomic mass is 16.3. The van der Waals surface area contributed by atoms with E-state index in [1.54, 1.807) is 5.57 Å². The fourth-order valence-electron chi connectivity index (χ4n) is 7.23. The maximum atomic E-state index is 10.5. The van der Waals surface area contributed by atoms with E-state index in [1.807, 2.05) is 27.7 Å². The van der Waals surface area contributed by atoms with Crippen molar-refractivity contribution in [3.8, 4) is 0 Å². The van der Waals surface area contributed by atoms with E-state index in [4.69, 9.17) is 0 Å². The van der Waals surface area contributed by atoms with Gasteiger partial charge in [-0.3, -0.25) is 0 Å². The molecule has 3 rings (SSSR count). The SMILES string of the molecule is CC1=C(C/C=C2\CCC[C@]3(C)[C@@H]([C@H](C)CCCC(C)(C)O)CC[C@@H]23)C[C@@H](O)[C@H](C)[C@@H]1O. The first-order valence-corrected chi connectivity index (χ1v) is 12.9. The molecule has 2 saturated carbocycles. The van der Waals surface area contributed by atoms with Crippen LogP contribution in [0, 0.1) is 29.1 Å². The van der Waals surface area contributed by atoms with Crippen molar-refractivity contribution in [1.82, 2.24) is 0 Å². The smallest absolute Gasteiger partial charge is 0.0800 e. The van der Waals surface area contributed by atoms with Gasteiger partial charge >= 0.3 is 0 Å². The van der Waals surface area contributed by atoms with Crippen molar-refractivity contribution in [3.05, 3.63) is 22.8 Å². The summed E-state index contributed by atoms with van der Waals surface area (Å²) in [4.78, 5) is 0. The Morgan fingerprint density at radius 2 is 1.94 bits per heavy atom. The van der Waals surface area contributed by atoms with E-state index in [-0.39, 0.29) is 5.92 Å². The number of allylic oxidation sites excluding steroid dienone is 2. The van der Waals surface area contributed by atoms with E-state index >= 15 is 0 Å². The quantitative estimate of drug-likeness (QED) is 0.421. The summed E-state index contributed by atoms with van der Waals surface area (Å²) in [5.74, 6) is 2.12. The highest BCUT2D eigenvalue weighted by molar-refractivity contribution is 5.27. The summed E-state index contributed by atoms with van der Waals surface area (Å²) >= 11 is 0. The number of hydrogen-bond donors (Lipinski definition) is 3. The molecule has 3 heteroatoms. The molecule has 0 radical (unpaired) electrons. The van der Waals surface area contributed by atoms with Gasteiger partial charge in [0.15, 0.2) is 0 Å². The summed E-state index contributed by atoms with van der Waals surface area (Å²) in [5, 5.41) is 30.9. The first-order chi connectivity index (χ1) is 14.4. The van der Waals surface area contributed by atoms with Gasteiger partial charge in [0.25, 0.3) is 0 Å². The summed E-state index contributed by atoms with van der Waals surface area (Å²) in [5.41, 5.74) is 3.82. The molecule has 0 amide bonds. The molecule has 3 nitrogen and oxygen atoms in total. The van der Waals surface area contributed by atoms with E-state index in [0.29, 0.717) is 23.7 Å². The van der Waals surface area contributed by atoms with Gasteiger partial charge in [0.05, 0.1) is 17.8 Å². The van der Waals surface area contributed by atoms with Crippen LogP contribution < -0.4 is 0 Å². The van der Waals surface area contributed by atoms with Crippen molar-refractivity contribution in [2.45, 2.75) is 124 Å². The van der Waals surface area contributed by atoms with Crippen molar-refractivity contribution >= 4 is 0 Å². The van der Waals surface area contributed by atoms with Crippen LogP contribution >= 0.6 is 0 Å². The Morgan fingerprint density at radius 1 is 1.23 bits per heavy atom. The molecular weight excluding hydrogens is 384 g/mol. The van der Waals surface area contributed by atoms with Crippen molar-refractivity contribution in [2.75, 3.05) is 0 Å². The van der Waals surface area contributed by atoms with E-state index in [9.17, 15) is 15.3 Å². The molecule has 2 fully saturated rings. The number of aliphatic hydroxyl groups excluding tert-OH is 2. The predicted molar refractivity (Wildman–Crippen MR) is 129 cm³/mol. The molecule has 0 aromatic rings. The lowest BCUT2D eigenvalue weighted by Gasteiger charge is -2.44. The van der Waals surface area contributed by atoms with Gasteiger partial charge in [-0.05, 0) is 101 Å². The Hall–Kier alpha value is -0.640. The van der Waals surface area contributed by atoms with E-state index in [1.165, 1.54) is 44.1 Å². The minimum Gasteiger partial charge on any atom is -0.392 e. The van der Waals surface area contributed by atoms with Crippen LogP contribution in [0.5, 0.6) is 0 Å². The molecule has 0 aliphatic heterocycles. The van der Waals surface area contributed by atoms with Gasteiger partial charge in [-0.1, -0.05) is 50.8 Å². The van der Waals surface area contributed by atoms with Crippen molar-refractivity contribution < 1.29 is 15.3 Å². The van der Waals surface area contributed by atoms with Crippen LogP contribution in [-0.4, -0.2) is 33.1 Å². The Labute approximate surface area is 191 Å². The lowest BCUT2D eigenvalue weighted by atomic mass is 9.60. The number of rotatable bonds is 7. The van der Waals surface area contributed by atoms with Gasteiger partial charge in [0.1, 0.15) is 0 Å². The van der Waals surface area contributed by atoms with Crippen LogP contribution in [0.25, 0.3) is 0 Å². The second-order valence-corrected chi connectivity index (χ2v) is 12.1. The zero-order chi connectivity index (χ0) is 23.0. The molecular formula is C28H48O3. The molecule has 3 aliphatic carbocycles. The van der Waals surface area contributed by atoms with Crippen LogP contribution in [0.4, 0.5) is 0 Å². The topological polar surface area (TPSA) is 60.7 Å². The van der Waals surface area contributed by atoms with Gasteiger partial charge in [0, 0.05) is 5.92 Å². The second-order valence-electron chi connectivity index (χ2n) is 12.1. The Bertz CT molecular complexity index is 685. The molecule has 7 atom stereocenters. The third kappa shape index (κ3) is 5.47. The molecule has 0 aromatic heterocycles. The lowest BCUT2D eigenvalue weighted by molar-refractivity contribution is 0.0284. The molecule has 0 unspecified atom stereocenters. The first-order valence-electron chi connectivity index (χ1n) is 12.9. The van der Waals surface area contributed by atoms with Crippen LogP contribution in [0.1, 0.15) is 106 Å². The summed E-state index contributed by atoms with van der Waals surface area (Å²) in [6.45, 7) is 12.8. The van der Waals surface area contributed by atoms with Gasteiger partial charge in [0.2, 0.25) is 0 Å². The first kappa shape index (κ1) is 25.0. The molecule has 31 heavy (non-hydrogen) atoms. The molecule has 0 spiro atoms. The van der Waals surface area contributed by atoms with Crippen LogP contribution in [0.3, 0.4) is 0 Å². The highest BCUT2D eigenvalue weighted by Crippen LogP contribution is 2.60. The van der Waals surface area contributed by atoms with Crippen LogP contribution in [0.2, 0.25) is 0 Å². The Balaban J connectivity index is 1.68. The zero-order valence-corrected chi connectivity index (χ0v) is 21.0. The van der Waals surface area contributed by atoms with Gasteiger partial charge in [-0.2, -0.15) is 0 Å². The minimum absolute atomic E-state index is 0.0668. The average molecular weight is 433 g/mol. The third-order valence-corrected chi connectivity index (χ3v) is 9.35. The number of aliphatic hydroxyl groups is 3. The Morgan fingerprint density at radius 3 is 2.61 bits per heavy atom. The second kappa shape index (κ2) is 9.69. The van der Waals surface area contributed by atoms with Gasteiger partial charge in [-0.15, -0.1) is 0 Å². The summed E-state index contributed by atoms with van der Waals surface area (Å²) in [7, 11) is 0. The lowest BCUT2D eigenvalue weighted by Crippen LogP contribution is -2.36.